The molecule has 0 saturated heterocycles. The van der Waals surface area contributed by atoms with Crippen molar-refractivity contribution in [3.05, 3.63) is 79.1 Å². The lowest BCUT2D eigenvalue weighted by Gasteiger charge is -2.09. The van der Waals surface area contributed by atoms with Crippen molar-refractivity contribution in [3.8, 4) is 57.1 Å². The number of nitrogens with zero attached hydrogens (tertiary/aromatic N) is 2. The minimum atomic E-state index is -5.03. The number of halogens is 2. The molecule has 11 heteroatoms. The van der Waals surface area contributed by atoms with Gasteiger partial charge in [-0.25, -0.2) is 18.4 Å². The van der Waals surface area contributed by atoms with Crippen molar-refractivity contribution in [2.24, 2.45) is 0 Å². The molecule has 194 valence electrons. The Balaban J connectivity index is 1.54. The van der Waals surface area contributed by atoms with Crippen LogP contribution in [0.2, 0.25) is 0 Å². The summed E-state index contributed by atoms with van der Waals surface area (Å²) in [6, 6.07) is 17.8. The largest absolute Gasteiger partial charge is 0.497 e. The Morgan fingerprint density at radius 1 is 0.711 bits per heavy atom. The lowest BCUT2D eigenvalue weighted by atomic mass is 10.1. The lowest BCUT2D eigenvalue weighted by molar-refractivity contribution is 0.235. The summed E-state index contributed by atoms with van der Waals surface area (Å²) >= 11 is 0. The van der Waals surface area contributed by atoms with Gasteiger partial charge in [-0.1, -0.05) is 6.07 Å². The zero-order valence-electron chi connectivity index (χ0n) is 20.1. The van der Waals surface area contributed by atoms with E-state index in [0.29, 0.717) is 28.4 Å². The van der Waals surface area contributed by atoms with Crippen molar-refractivity contribution in [2.75, 3.05) is 14.2 Å². The Morgan fingerprint density at radius 2 is 1.21 bits per heavy atom. The van der Waals surface area contributed by atoms with Gasteiger partial charge in [0.15, 0.2) is 11.5 Å². The smallest absolute Gasteiger partial charge is 0.341 e. The molecule has 5 aromatic rings. The number of benzene rings is 3. The second-order valence-corrected chi connectivity index (χ2v) is 9.92. The monoisotopic (exact) mass is 538 g/mol. The van der Waals surface area contributed by atoms with Crippen LogP contribution in [0.5, 0.6) is 11.5 Å². The Kier molecular flexibility index (Phi) is 6.68. The molecule has 8 nitrogen and oxygen atoms in total. The molecule has 0 atom stereocenters. The summed E-state index contributed by atoms with van der Waals surface area (Å²) < 4.78 is 74.5. The fourth-order valence-electron chi connectivity index (χ4n) is 3.75. The standard InChI is InChI=1S/C27H20F2N2O6S/c1-34-19-8-3-16(4-9-19)22-14-31-26(37-22)21-12-7-18(13-24(21)38(32,33)27(28)29)23-15-30-25(36-23)17-5-10-20(35-2)11-6-17/h3-15,27H,1-2H3. The zero-order valence-corrected chi connectivity index (χ0v) is 20.9. The number of oxazole rings is 2. The van der Waals surface area contributed by atoms with E-state index in [9.17, 15) is 17.2 Å². The van der Waals surface area contributed by atoms with Crippen LogP contribution in [0.3, 0.4) is 0 Å². The fourth-order valence-corrected chi connectivity index (χ4v) is 4.69. The lowest BCUT2D eigenvalue weighted by Crippen LogP contribution is -2.13. The van der Waals surface area contributed by atoms with Crippen molar-refractivity contribution in [1.82, 2.24) is 9.97 Å². The number of sulfone groups is 1. The number of alkyl halides is 2. The van der Waals surface area contributed by atoms with Crippen LogP contribution in [0.15, 0.2) is 92.9 Å². The fraction of sp³-hybridized carbons (Fsp3) is 0.111. The maximum Gasteiger partial charge on any atom is 0.341 e. The summed E-state index contributed by atoms with van der Waals surface area (Å²) in [4.78, 5) is 7.73. The van der Waals surface area contributed by atoms with Crippen molar-refractivity contribution < 1.29 is 35.5 Å². The number of ether oxygens (including phenoxy) is 2. The second kappa shape index (κ2) is 10.1. The van der Waals surface area contributed by atoms with Gasteiger partial charge in [0.25, 0.3) is 0 Å². The van der Waals surface area contributed by atoms with E-state index in [1.54, 1.807) is 55.6 Å². The van der Waals surface area contributed by atoms with Crippen molar-refractivity contribution in [3.63, 3.8) is 0 Å². The quantitative estimate of drug-likeness (QED) is 0.225. The van der Waals surface area contributed by atoms with Crippen LogP contribution in [0.4, 0.5) is 8.78 Å². The number of methoxy groups -OCH3 is 2. The predicted octanol–water partition coefficient (Wildman–Crippen LogP) is 6.34. The molecule has 5 rings (SSSR count). The normalized spacial score (nSPS) is 11.6. The van der Waals surface area contributed by atoms with Gasteiger partial charge in [0.2, 0.25) is 21.6 Å². The summed E-state index contributed by atoms with van der Waals surface area (Å²) in [5.74, 6) is -1.71. The first-order valence-electron chi connectivity index (χ1n) is 11.2. The average molecular weight is 539 g/mol. The van der Waals surface area contributed by atoms with Gasteiger partial charge in [0, 0.05) is 16.7 Å². The first-order chi connectivity index (χ1) is 18.3. The maximum atomic E-state index is 13.7. The molecule has 0 fully saturated rings. The molecule has 0 amide bonds. The van der Waals surface area contributed by atoms with Crippen LogP contribution < -0.4 is 9.47 Å². The third-order valence-electron chi connectivity index (χ3n) is 5.76. The van der Waals surface area contributed by atoms with Gasteiger partial charge in [-0.15, -0.1) is 0 Å². The third-order valence-corrected chi connectivity index (χ3v) is 7.18. The van der Waals surface area contributed by atoms with Crippen LogP contribution in [-0.4, -0.2) is 38.4 Å². The van der Waals surface area contributed by atoms with Gasteiger partial charge < -0.3 is 18.3 Å². The molecular weight excluding hydrogens is 518 g/mol. The Labute approximate surface area is 216 Å². The zero-order chi connectivity index (χ0) is 26.9. The SMILES string of the molecule is COc1ccc(-c2cnc(-c3ccc(-c4cnc(-c5ccc(OC)cc5)o4)cc3S(=O)(=O)C(F)F)o2)cc1. The molecule has 0 N–H and O–H groups in total. The molecule has 0 bridgehead atoms. The van der Waals surface area contributed by atoms with E-state index in [1.165, 1.54) is 31.6 Å². The minimum absolute atomic E-state index is 0.108. The molecule has 0 aliphatic heterocycles. The van der Waals surface area contributed by atoms with E-state index < -0.39 is 20.5 Å². The van der Waals surface area contributed by atoms with Crippen LogP contribution >= 0.6 is 0 Å². The molecule has 2 heterocycles. The average Bonchev–Trinajstić information content (AvgIpc) is 3.64. The molecule has 0 spiro atoms. The first kappa shape index (κ1) is 25.2. The van der Waals surface area contributed by atoms with E-state index in [4.69, 9.17) is 18.3 Å². The second-order valence-electron chi connectivity index (χ2n) is 8.03. The molecule has 0 aliphatic rings. The highest BCUT2D eigenvalue weighted by molar-refractivity contribution is 7.91. The number of rotatable bonds is 8. The van der Waals surface area contributed by atoms with Crippen LogP contribution in [-0.2, 0) is 9.84 Å². The molecule has 0 unspecified atom stereocenters. The predicted molar refractivity (Wildman–Crippen MR) is 135 cm³/mol. The van der Waals surface area contributed by atoms with E-state index in [2.05, 4.69) is 9.97 Å². The molecule has 3 aromatic carbocycles. The maximum absolute atomic E-state index is 13.7. The molecular formula is C27H20F2N2O6S. The van der Waals surface area contributed by atoms with Gasteiger partial charge >= 0.3 is 5.76 Å². The van der Waals surface area contributed by atoms with Crippen LogP contribution in [0.25, 0.3) is 45.6 Å². The summed E-state index contributed by atoms with van der Waals surface area (Å²) in [6.07, 6.45) is 2.78. The van der Waals surface area contributed by atoms with Crippen molar-refractivity contribution in [2.45, 2.75) is 10.7 Å². The third kappa shape index (κ3) is 4.75. The first-order valence-corrected chi connectivity index (χ1v) is 12.7. The van der Waals surface area contributed by atoms with Crippen LogP contribution in [0, 0.1) is 0 Å². The van der Waals surface area contributed by atoms with Crippen molar-refractivity contribution in [1.29, 1.82) is 0 Å². The van der Waals surface area contributed by atoms with Gasteiger partial charge in [0.1, 0.15) is 11.5 Å². The molecule has 0 radical (unpaired) electrons. The van der Waals surface area contributed by atoms with Gasteiger partial charge in [0.05, 0.1) is 37.1 Å². The van der Waals surface area contributed by atoms with Gasteiger partial charge in [-0.05, 0) is 60.7 Å². The highest BCUT2D eigenvalue weighted by Gasteiger charge is 2.32. The number of aromatic nitrogens is 2. The molecule has 2 aromatic heterocycles. The number of hydrogen-bond donors (Lipinski definition) is 0. The number of hydrogen-bond acceptors (Lipinski definition) is 8. The summed E-state index contributed by atoms with van der Waals surface area (Å²) in [6.45, 7) is 0. The Morgan fingerprint density at radius 3 is 1.79 bits per heavy atom. The highest BCUT2D eigenvalue weighted by Crippen LogP contribution is 2.36. The minimum Gasteiger partial charge on any atom is -0.497 e. The van der Waals surface area contributed by atoms with Gasteiger partial charge in [-0.2, -0.15) is 8.78 Å². The Hall–Kier alpha value is -4.51. The Bertz CT molecular complexity index is 1680. The van der Waals surface area contributed by atoms with E-state index in [1.807, 2.05) is 0 Å². The van der Waals surface area contributed by atoms with Gasteiger partial charge in [-0.3, -0.25) is 0 Å². The van der Waals surface area contributed by atoms with E-state index in [-0.39, 0.29) is 28.7 Å². The topological polar surface area (TPSA) is 105 Å². The summed E-state index contributed by atoms with van der Waals surface area (Å²) in [7, 11) is -1.95. The summed E-state index contributed by atoms with van der Waals surface area (Å²) in [5, 5.41) is 0. The van der Waals surface area contributed by atoms with E-state index in [0.717, 1.165) is 6.07 Å². The molecule has 38 heavy (non-hydrogen) atoms. The van der Waals surface area contributed by atoms with Crippen LogP contribution in [0.1, 0.15) is 0 Å². The highest BCUT2D eigenvalue weighted by atomic mass is 32.2. The summed E-state index contributed by atoms with van der Waals surface area (Å²) in [5.41, 5.74) is 1.43. The molecule has 0 saturated carbocycles. The van der Waals surface area contributed by atoms with Crippen molar-refractivity contribution >= 4 is 9.84 Å². The molecule has 0 aliphatic carbocycles. The van der Waals surface area contributed by atoms with E-state index >= 15 is 0 Å².